The zero-order chi connectivity index (χ0) is 14.3. The molecule has 100 valence electrons. The molecule has 2 N–H and O–H groups in total. The van der Waals surface area contributed by atoms with Crippen molar-refractivity contribution in [2.75, 3.05) is 5.73 Å². The van der Waals surface area contributed by atoms with Gasteiger partial charge in [-0.3, -0.25) is 0 Å². The Bertz CT molecular complexity index is 818. The van der Waals surface area contributed by atoms with Crippen LogP contribution in [0.25, 0.3) is 22.3 Å². The van der Waals surface area contributed by atoms with Crippen LogP contribution >= 0.6 is 27.5 Å². The van der Waals surface area contributed by atoms with Gasteiger partial charge in [-0.2, -0.15) is 0 Å². The lowest BCUT2D eigenvalue weighted by Crippen LogP contribution is -1.98. The summed E-state index contributed by atoms with van der Waals surface area (Å²) in [5.74, 6) is 0.995. The van der Waals surface area contributed by atoms with Gasteiger partial charge in [0.25, 0.3) is 0 Å². The first-order chi connectivity index (χ1) is 9.54. The lowest BCUT2D eigenvalue weighted by Gasteiger charge is -2.08. The normalized spacial score (nSPS) is 10.9. The summed E-state index contributed by atoms with van der Waals surface area (Å²) in [6, 6.07) is 11.5. The Hall–Kier alpha value is -1.65. The van der Waals surface area contributed by atoms with Crippen molar-refractivity contribution in [3.05, 3.63) is 51.5 Å². The summed E-state index contributed by atoms with van der Waals surface area (Å²) in [7, 11) is 0. The number of aryl methyl sites for hydroxylation is 1. The molecule has 2 aromatic carbocycles. The van der Waals surface area contributed by atoms with Crippen molar-refractivity contribution in [3.8, 4) is 11.4 Å². The molecular formula is C15H11BrClN3. The first-order valence-corrected chi connectivity index (χ1v) is 7.21. The second-order valence-corrected chi connectivity index (χ2v) is 5.90. The van der Waals surface area contributed by atoms with Crippen molar-refractivity contribution in [3.63, 3.8) is 0 Å². The number of nitrogens with two attached hydrogens (primary N) is 1. The Kier molecular flexibility index (Phi) is 3.36. The summed E-state index contributed by atoms with van der Waals surface area (Å²) >= 11 is 9.64. The molecule has 20 heavy (non-hydrogen) atoms. The Morgan fingerprint density at radius 2 is 1.90 bits per heavy atom. The van der Waals surface area contributed by atoms with Gasteiger partial charge in [-0.05, 0) is 37.3 Å². The maximum absolute atomic E-state index is 6.22. The highest BCUT2D eigenvalue weighted by Gasteiger charge is 2.11. The molecule has 0 fully saturated rings. The molecule has 0 bridgehead atoms. The van der Waals surface area contributed by atoms with E-state index in [9.17, 15) is 0 Å². The lowest BCUT2D eigenvalue weighted by molar-refractivity contribution is 1.23. The van der Waals surface area contributed by atoms with Crippen LogP contribution in [0.1, 0.15) is 5.56 Å². The quantitative estimate of drug-likeness (QED) is 0.699. The number of nitrogen functional groups attached to an aromatic ring is 1. The van der Waals surface area contributed by atoms with E-state index >= 15 is 0 Å². The molecule has 0 amide bonds. The van der Waals surface area contributed by atoms with Gasteiger partial charge in [0.05, 0.1) is 10.5 Å². The minimum Gasteiger partial charge on any atom is -0.383 e. The standard InChI is InChI=1S/C15H11BrClN3/c1-8-2-5-13-11(6-8)14(18)20-15(19-13)10-7-9(16)3-4-12(10)17/h2-7H,1H3,(H2,18,19,20). The summed E-state index contributed by atoms with van der Waals surface area (Å²) in [6.45, 7) is 2.01. The minimum atomic E-state index is 0.463. The van der Waals surface area contributed by atoms with Crippen LogP contribution in [0.2, 0.25) is 5.02 Å². The molecule has 5 heteroatoms. The number of aromatic nitrogens is 2. The molecular weight excluding hydrogens is 338 g/mol. The number of nitrogens with zero attached hydrogens (tertiary/aromatic N) is 2. The van der Waals surface area contributed by atoms with E-state index in [0.717, 1.165) is 26.5 Å². The number of benzene rings is 2. The molecule has 0 aliphatic rings. The Labute approximate surface area is 129 Å². The first kappa shape index (κ1) is 13.3. The molecule has 3 rings (SSSR count). The molecule has 0 aliphatic heterocycles. The summed E-state index contributed by atoms with van der Waals surface area (Å²) < 4.78 is 0.920. The fourth-order valence-electron chi connectivity index (χ4n) is 2.06. The fourth-order valence-corrected chi connectivity index (χ4v) is 2.62. The zero-order valence-electron chi connectivity index (χ0n) is 10.7. The van der Waals surface area contributed by atoms with Crippen LogP contribution in [0.3, 0.4) is 0 Å². The van der Waals surface area contributed by atoms with Crippen LogP contribution < -0.4 is 5.73 Å². The van der Waals surface area contributed by atoms with Gasteiger partial charge >= 0.3 is 0 Å². The fraction of sp³-hybridized carbons (Fsp3) is 0.0667. The van der Waals surface area contributed by atoms with Crippen molar-refractivity contribution >= 4 is 44.3 Å². The summed E-state index contributed by atoms with van der Waals surface area (Å²) in [6.07, 6.45) is 0. The number of fused-ring (bicyclic) bond motifs is 1. The third-order valence-corrected chi connectivity index (χ3v) is 3.87. The highest BCUT2D eigenvalue weighted by molar-refractivity contribution is 9.10. The Morgan fingerprint density at radius 3 is 2.70 bits per heavy atom. The van der Waals surface area contributed by atoms with E-state index in [0.29, 0.717) is 16.7 Å². The number of halogens is 2. The number of rotatable bonds is 1. The first-order valence-electron chi connectivity index (χ1n) is 6.04. The van der Waals surface area contributed by atoms with Crippen LogP contribution in [0.5, 0.6) is 0 Å². The molecule has 3 nitrogen and oxygen atoms in total. The zero-order valence-corrected chi connectivity index (χ0v) is 13.0. The third kappa shape index (κ3) is 2.37. The SMILES string of the molecule is Cc1ccc2nc(-c3cc(Br)ccc3Cl)nc(N)c2c1. The Morgan fingerprint density at radius 1 is 1.10 bits per heavy atom. The van der Waals surface area contributed by atoms with Crippen LogP contribution in [0.4, 0.5) is 5.82 Å². The van der Waals surface area contributed by atoms with Gasteiger partial charge in [0.1, 0.15) is 5.82 Å². The smallest absolute Gasteiger partial charge is 0.163 e. The molecule has 0 saturated carbocycles. The Balaban J connectivity index is 2.27. The van der Waals surface area contributed by atoms with Crippen molar-refractivity contribution in [2.45, 2.75) is 6.92 Å². The van der Waals surface area contributed by atoms with Gasteiger partial charge in [0.2, 0.25) is 0 Å². The number of hydrogen-bond donors (Lipinski definition) is 1. The van der Waals surface area contributed by atoms with Gasteiger partial charge in [0.15, 0.2) is 5.82 Å². The third-order valence-electron chi connectivity index (χ3n) is 3.05. The van der Waals surface area contributed by atoms with E-state index in [4.69, 9.17) is 17.3 Å². The van der Waals surface area contributed by atoms with E-state index in [-0.39, 0.29) is 0 Å². The molecule has 1 aromatic heterocycles. The minimum absolute atomic E-state index is 0.463. The molecule has 1 heterocycles. The molecule has 0 aliphatic carbocycles. The van der Waals surface area contributed by atoms with Gasteiger partial charge in [0, 0.05) is 15.4 Å². The van der Waals surface area contributed by atoms with Crippen molar-refractivity contribution < 1.29 is 0 Å². The maximum atomic E-state index is 6.22. The van der Waals surface area contributed by atoms with Crippen molar-refractivity contribution in [1.29, 1.82) is 0 Å². The second kappa shape index (κ2) is 5.04. The molecule has 0 radical (unpaired) electrons. The predicted octanol–water partition coefficient (Wildman–Crippen LogP) is 4.60. The highest BCUT2D eigenvalue weighted by atomic mass is 79.9. The van der Waals surface area contributed by atoms with E-state index < -0.39 is 0 Å². The molecule has 0 spiro atoms. The predicted molar refractivity (Wildman–Crippen MR) is 86.8 cm³/mol. The van der Waals surface area contributed by atoms with Gasteiger partial charge in [-0.15, -0.1) is 0 Å². The van der Waals surface area contributed by atoms with Crippen LogP contribution in [0.15, 0.2) is 40.9 Å². The van der Waals surface area contributed by atoms with Crippen molar-refractivity contribution in [1.82, 2.24) is 9.97 Å². The van der Waals surface area contributed by atoms with Crippen molar-refractivity contribution in [2.24, 2.45) is 0 Å². The lowest BCUT2D eigenvalue weighted by atomic mass is 10.1. The van der Waals surface area contributed by atoms with Gasteiger partial charge in [-0.1, -0.05) is 39.2 Å². The van der Waals surface area contributed by atoms with E-state index in [1.807, 2.05) is 37.3 Å². The summed E-state index contributed by atoms with van der Waals surface area (Å²) in [5.41, 5.74) is 8.74. The van der Waals surface area contributed by atoms with Crippen LogP contribution in [0, 0.1) is 6.92 Å². The van der Waals surface area contributed by atoms with Crippen LogP contribution in [-0.4, -0.2) is 9.97 Å². The monoisotopic (exact) mass is 347 g/mol. The molecule has 0 saturated heterocycles. The topological polar surface area (TPSA) is 51.8 Å². The van der Waals surface area contributed by atoms with E-state index in [2.05, 4.69) is 25.9 Å². The number of hydrogen-bond acceptors (Lipinski definition) is 3. The molecule has 3 aromatic rings. The van der Waals surface area contributed by atoms with E-state index in [1.165, 1.54) is 0 Å². The second-order valence-electron chi connectivity index (χ2n) is 4.58. The molecule has 0 atom stereocenters. The average molecular weight is 349 g/mol. The summed E-state index contributed by atoms with van der Waals surface area (Å²) in [4.78, 5) is 8.93. The van der Waals surface area contributed by atoms with Gasteiger partial charge < -0.3 is 5.73 Å². The average Bonchev–Trinajstić information content (AvgIpc) is 2.42. The van der Waals surface area contributed by atoms with E-state index in [1.54, 1.807) is 6.07 Å². The summed E-state index contributed by atoms with van der Waals surface area (Å²) in [5, 5.41) is 1.46. The largest absolute Gasteiger partial charge is 0.383 e. The highest BCUT2D eigenvalue weighted by Crippen LogP contribution is 2.30. The number of anilines is 1. The van der Waals surface area contributed by atoms with Crippen LogP contribution in [-0.2, 0) is 0 Å². The maximum Gasteiger partial charge on any atom is 0.163 e. The molecule has 0 unspecified atom stereocenters. The van der Waals surface area contributed by atoms with Gasteiger partial charge in [-0.25, -0.2) is 9.97 Å².